The molecule has 0 saturated carbocycles. The number of carbonyl (C=O) groups is 1. The van der Waals surface area contributed by atoms with E-state index in [4.69, 9.17) is 4.42 Å². The first kappa shape index (κ1) is 21.5. The number of para-hydroxylation sites is 1. The lowest BCUT2D eigenvalue weighted by Gasteiger charge is -2.40. The third kappa shape index (κ3) is 4.44. The second kappa shape index (κ2) is 9.25. The van der Waals surface area contributed by atoms with Gasteiger partial charge in [0.2, 0.25) is 0 Å². The minimum atomic E-state index is -0.205. The number of nitrogens with one attached hydrogen (secondary N) is 1. The van der Waals surface area contributed by atoms with Crippen molar-refractivity contribution in [3.63, 3.8) is 0 Å². The van der Waals surface area contributed by atoms with Gasteiger partial charge in [-0.2, -0.15) is 0 Å². The molecule has 0 aliphatic carbocycles. The maximum atomic E-state index is 13.9. The van der Waals surface area contributed by atoms with Crippen molar-refractivity contribution in [1.29, 1.82) is 0 Å². The highest BCUT2D eigenvalue weighted by Crippen LogP contribution is 2.34. The van der Waals surface area contributed by atoms with Crippen molar-refractivity contribution in [2.24, 2.45) is 0 Å². The SMILES string of the molecule is CN1CCN(C(=O)c2oc3ccccc3c2CSc2nccc(=O)[nH]2)[C@@H](c2ccccc2)C1. The Morgan fingerprint density at radius 1 is 1.12 bits per heavy atom. The summed E-state index contributed by atoms with van der Waals surface area (Å²) in [5, 5.41) is 1.41. The summed E-state index contributed by atoms with van der Waals surface area (Å²) in [6, 6.07) is 19.1. The summed E-state index contributed by atoms with van der Waals surface area (Å²) in [7, 11) is 2.08. The van der Waals surface area contributed by atoms with Crippen LogP contribution in [0.15, 0.2) is 81.2 Å². The smallest absolute Gasteiger partial charge is 0.290 e. The minimum Gasteiger partial charge on any atom is -0.451 e. The number of carbonyl (C=O) groups excluding carboxylic acids is 1. The lowest BCUT2D eigenvalue weighted by Crippen LogP contribution is -2.49. The fourth-order valence-corrected chi connectivity index (χ4v) is 5.11. The molecule has 0 unspecified atom stereocenters. The van der Waals surface area contributed by atoms with Crippen molar-refractivity contribution in [1.82, 2.24) is 19.8 Å². The van der Waals surface area contributed by atoms with E-state index in [-0.39, 0.29) is 17.5 Å². The summed E-state index contributed by atoms with van der Waals surface area (Å²) >= 11 is 1.38. The number of likely N-dealkylation sites (N-methyl/N-ethyl adjacent to an activating group) is 1. The zero-order chi connectivity index (χ0) is 22.8. The quantitative estimate of drug-likeness (QED) is 0.359. The number of benzene rings is 2. The van der Waals surface area contributed by atoms with Gasteiger partial charge >= 0.3 is 0 Å². The summed E-state index contributed by atoms with van der Waals surface area (Å²) < 4.78 is 6.13. The molecule has 1 saturated heterocycles. The van der Waals surface area contributed by atoms with Gasteiger partial charge in [-0.1, -0.05) is 60.3 Å². The van der Waals surface area contributed by atoms with Gasteiger partial charge in [-0.25, -0.2) is 4.98 Å². The third-order valence-electron chi connectivity index (χ3n) is 5.92. The lowest BCUT2D eigenvalue weighted by atomic mass is 10.0. The van der Waals surface area contributed by atoms with Gasteiger partial charge in [-0.3, -0.25) is 9.59 Å². The van der Waals surface area contributed by atoms with E-state index in [2.05, 4.69) is 34.0 Å². The predicted octanol–water partition coefficient (Wildman–Crippen LogP) is 3.94. The molecular weight excluding hydrogens is 436 g/mol. The maximum Gasteiger partial charge on any atom is 0.290 e. The predicted molar refractivity (Wildman–Crippen MR) is 128 cm³/mol. The Morgan fingerprint density at radius 3 is 2.73 bits per heavy atom. The first-order valence-corrected chi connectivity index (χ1v) is 11.8. The van der Waals surface area contributed by atoms with Crippen LogP contribution in [0.25, 0.3) is 11.0 Å². The Balaban J connectivity index is 1.51. The van der Waals surface area contributed by atoms with Crippen LogP contribution in [0.5, 0.6) is 0 Å². The lowest BCUT2D eigenvalue weighted by molar-refractivity contribution is 0.0469. The Hall–Kier alpha value is -3.36. The van der Waals surface area contributed by atoms with Crippen molar-refractivity contribution in [2.75, 3.05) is 26.7 Å². The van der Waals surface area contributed by atoms with E-state index in [0.29, 0.717) is 28.8 Å². The van der Waals surface area contributed by atoms with Gasteiger partial charge in [0.05, 0.1) is 6.04 Å². The average molecular weight is 461 g/mol. The number of nitrogens with zero attached hydrogens (tertiary/aromatic N) is 3. The molecule has 8 heteroatoms. The normalized spacial score (nSPS) is 16.9. The number of thioether (sulfide) groups is 1. The molecule has 1 aliphatic rings. The zero-order valence-electron chi connectivity index (χ0n) is 18.2. The average Bonchev–Trinajstić information content (AvgIpc) is 3.21. The van der Waals surface area contributed by atoms with Crippen LogP contribution in [0.4, 0.5) is 0 Å². The van der Waals surface area contributed by atoms with E-state index in [0.717, 1.165) is 29.6 Å². The molecular formula is C25H24N4O3S. The van der Waals surface area contributed by atoms with Crippen LogP contribution in [0.3, 0.4) is 0 Å². The van der Waals surface area contributed by atoms with E-state index in [1.807, 2.05) is 47.4 Å². The first-order valence-electron chi connectivity index (χ1n) is 10.8. The first-order chi connectivity index (χ1) is 16.1. The van der Waals surface area contributed by atoms with Crippen molar-refractivity contribution < 1.29 is 9.21 Å². The number of fused-ring (bicyclic) bond motifs is 1. The summed E-state index contributed by atoms with van der Waals surface area (Å²) in [5.74, 6) is 0.695. The molecule has 1 N–H and O–H groups in total. The molecule has 7 nitrogen and oxygen atoms in total. The number of rotatable bonds is 5. The summed E-state index contributed by atoms with van der Waals surface area (Å²) in [4.78, 5) is 36.6. The maximum absolute atomic E-state index is 13.9. The van der Waals surface area contributed by atoms with Gasteiger partial charge in [0.25, 0.3) is 11.5 Å². The van der Waals surface area contributed by atoms with Crippen molar-refractivity contribution >= 4 is 28.6 Å². The number of H-pyrrole nitrogens is 1. The molecule has 1 fully saturated rings. The Morgan fingerprint density at radius 2 is 1.91 bits per heavy atom. The molecule has 2 aromatic carbocycles. The largest absolute Gasteiger partial charge is 0.451 e. The van der Waals surface area contributed by atoms with Crippen molar-refractivity contribution in [2.45, 2.75) is 17.0 Å². The van der Waals surface area contributed by atoms with Gasteiger partial charge in [-0.15, -0.1) is 0 Å². The molecule has 0 bridgehead atoms. The topological polar surface area (TPSA) is 82.4 Å². The van der Waals surface area contributed by atoms with Crippen molar-refractivity contribution in [3.05, 3.63) is 94.1 Å². The minimum absolute atomic E-state index is 0.0571. The molecule has 0 radical (unpaired) electrons. The summed E-state index contributed by atoms with van der Waals surface area (Å²) in [6.07, 6.45) is 1.48. The van der Waals surface area contributed by atoms with Crippen LogP contribution in [-0.4, -0.2) is 52.4 Å². The van der Waals surface area contributed by atoms with E-state index in [1.54, 1.807) is 0 Å². The second-order valence-electron chi connectivity index (χ2n) is 8.12. The molecule has 2 aromatic heterocycles. The Labute approximate surface area is 195 Å². The number of furan rings is 1. The fraction of sp³-hybridized carbons (Fsp3) is 0.240. The Bertz CT molecular complexity index is 1330. The summed E-state index contributed by atoms with van der Waals surface area (Å²) in [6.45, 7) is 2.18. The van der Waals surface area contributed by atoms with E-state index in [9.17, 15) is 9.59 Å². The number of hydrogen-bond donors (Lipinski definition) is 1. The number of aromatic nitrogens is 2. The van der Waals surface area contributed by atoms with E-state index in [1.165, 1.54) is 24.0 Å². The highest BCUT2D eigenvalue weighted by Gasteiger charge is 2.34. The van der Waals surface area contributed by atoms with E-state index < -0.39 is 0 Å². The van der Waals surface area contributed by atoms with Gasteiger partial charge in [0, 0.05) is 48.6 Å². The number of amides is 1. The number of hydrogen-bond acceptors (Lipinski definition) is 6. The van der Waals surface area contributed by atoms with E-state index >= 15 is 0 Å². The highest BCUT2D eigenvalue weighted by atomic mass is 32.2. The van der Waals surface area contributed by atoms with Crippen LogP contribution in [0.1, 0.15) is 27.7 Å². The van der Waals surface area contributed by atoms with Gasteiger partial charge in [0.15, 0.2) is 10.9 Å². The van der Waals surface area contributed by atoms with Gasteiger partial charge < -0.3 is 19.2 Å². The highest BCUT2D eigenvalue weighted by molar-refractivity contribution is 7.98. The molecule has 1 aliphatic heterocycles. The fourth-order valence-electron chi connectivity index (χ4n) is 4.23. The molecule has 3 heterocycles. The molecule has 1 amide bonds. The monoisotopic (exact) mass is 460 g/mol. The van der Waals surface area contributed by atoms with Crippen molar-refractivity contribution in [3.8, 4) is 0 Å². The summed E-state index contributed by atoms with van der Waals surface area (Å²) in [5.41, 5.74) is 2.40. The second-order valence-corrected chi connectivity index (χ2v) is 9.09. The van der Waals surface area contributed by atoms with Crippen LogP contribution in [0.2, 0.25) is 0 Å². The molecule has 33 heavy (non-hydrogen) atoms. The molecule has 1 atom stereocenters. The van der Waals surface area contributed by atoms with Crippen LogP contribution < -0.4 is 5.56 Å². The van der Waals surface area contributed by atoms with Gasteiger partial charge in [0.1, 0.15) is 5.58 Å². The molecule has 4 aromatic rings. The number of piperazine rings is 1. The Kier molecular flexibility index (Phi) is 6.02. The standard InChI is InChI=1S/C25H24N4O3S/c1-28-13-14-29(20(15-28)17-7-3-2-4-8-17)24(31)23-19(18-9-5-6-10-21(18)32-23)16-33-25-26-12-11-22(30)27-25/h2-12,20H,13-16H2,1H3,(H,26,27,30)/t20-/m1/s1. The molecule has 5 rings (SSSR count). The third-order valence-corrected chi connectivity index (χ3v) is 6.84. The van der Waals surface area contributed by atoms with Crippen LogP contribution in [-0.2, 0) is 5.75 Å². The van der Waals surface area contributed by atoms with Crippen LogP contribution >= 0.6 is 11.8 Å². The van der Waals surface area contributed by atoms with Crippen LogP contribution in [0, 0.1) is 0 Å². The van der Waals surface area contributed by atoms with Gasteiger partial charge in [-0.05, 0) is 18.7 Å². The molecule has 0 spiro atoms. The number of aromatic amines is 1. The molecule has 168 valence electrons. The zero-order valence-corrected chi connectivity index (χ0v) is 19.0.